The van der Waals surface area contributed by atoms with Crippen LogP contribution in [-0.4, -0.2) is 62.4 Å². The Hall–Kier alpha value is -3.59. The SMILES string of the molecule is CCC(C(=O)c1ccc(Cl)cc1)n1ncn(-c2ccc(N3CCN(C(=O)O)CC3)cc2)c1=O. The Morgan fingerprint density at radius 1 is 1.00 bits per heavy atom. The van der Waals surface area contributed by atoms with Crippen molar-refractivity contribution in [2.24, 2.45) is 0 Å². The molecule has 0 spiro atoms. The Morgan fingerprint density at radius 2 is 1.61 bits per heavy atom. The maximum absolute atomic E-state index is 13.1. The molecule has 0 aliphatic carbocycles. The molecular formula is C23H24ClN5O4. The van der Waals surface area contributed by atoms with Crippen LogP contribution in [0.2, 0.25) is 5.02 Å². The van der Waals surface area contributed by atoms with Crippen molar-refractivity contribution < 1.29 is 14.7 Å². The number of hydrogen-bond acceptors (Lipinski definition) is 5. The van der Waals surface area contributed by atoms with Crippen LogP contribution < -0.4 is 10.6 Å². The number of amides is 1. The second-order valence-corrected chi connectivity index (χ2v) is 8.23. The highest BCUT2D eigenvalue weighted by Crippen LogP contribution is 2.20. The van der Waals surface area contributed by atoms with Gasteiger partial charge in [0.15, 0.2) is 5.78 Å². The van der Waals surface area contributed by atoms with Gasteiger partial charge in [-0.3, -0.25) is 4.79 Å². The average molecular weight is 470 g/mol. The molecule has 2 aromatic carbocycles. The lowest BCUT2D eigenvalue weighted by atomic mass is 10.0. The fraction of sp³-hybridized carbons (Fsp3) is 0.304. The number of carbonyl (C=O) groups excluding carboxylic acids is 1. The molecule has 4 rings (SSSR count). The van der Waals surface area contributed by atoms with Gasteiger partial charge in [-0.05, 0) is 55.0 Å². The highest BCUT2D eigenvalue weighted by atomic mass is 35.5. The summed E-state index contributed by atoms with van der Waals surface area (Å²) in [6.45, 7) is 3.94. The molecule has 1 aromatic heterocycles. The Balaban J connectivity index is 1.52. The van der Waals surface area contributed by atoms with Crippen LogP contribution in [0.5, 0.6) is 0 Å². The van der Waals surface area contributed by atoms with Gasteiger partial charge < -0.3 is 14.9 Å². The van der Waals surface area contributed by atoms with Crippen molar-refractivity contribution in [3.63, 3.8) is 0 Å². The Morgan fingerprint density at radius 3 is 2.18 bits per heavy atom. The minimum atomic E-state index is -0.902. The maximum atomic E-state index is 13.1. The number of anilines is 1. The van der Waals surface area contributed by atoms with Gasteiger partial charge in [0, 0.05) is 42.5 Å². The Labute approximate surface area is 195 Å². The predicted octanol–water partition coefficient (Wildman–Crippen LogP) is 3.32. The topological polar surface area (TPSA) is 101 Å². The number of aromatic nitrogens is 3. The summed E-state index contributed by atoms with van der Waals surface area (Å²) >= 11 is 5.91. The molecule has 33 heavy (non-hydrogen) atoms. The van der Waals surface area contributed by atoms with Crippen LogP contribution in [-0.2, 0) is 0 Å². The number of halogens is 1. The molecule has 10 heteroatoms. The molecule has 1 fully saturated rings. The number of benzene rings is 2. The number of piperazine rings is 1. The molecule has 1 N–H and O–H groups in total. The number of Topliss-reactive ketones (excluding diaryl/α,β-unsaturated/α-hetero) is 1. The van der Waals surface area contributed by atoms with Crippen molar-refractivity contribution in [1.29, 1.82) is 0 Å². The molecule has 0 saturated carbocycles. The predicted molar refractivity (Wildman–Crippen MR) is 125 cm³/mol. The molecule has 2 heterocycles. The van der Waals surface area contributed by atoms with E-state index in [1.807, 2.05) is 31.2 Å². The van der Waals surface area contributed by atoms with E-state index in [2.05, 4.69) is 10.00 Å². The number of ketones is 1. The molecule has 1 aliphatic rings. The summed E-state index contributed by atoms with van der Waals surface area (Å²) in [5, 5.41) is 13.8. The number of carboxylic acid groups (broad SMARTS) is 1. The largest absolute Gasteiger partial charge is 0.465 e. The van der Waals surface area contributed by atoms with Crippen molar-refractivity contribution >= 4 is 29.2 Å². The van der Waals surface area contributed by atoms with E-state index in [0.29, 0.717) is 48.9 Å². The summed E-state index contributed by atoms with van der Waals surface area (Å²) in [5.41, 5.74) is 1.66. The van der Waals surface area contributed by atoms with Crippen molar-refractivity contribution in [2.45, 2.75) is 19.4 Å². The minimum Gasteiger partial charge on any atom is -0.465 e. The van der Waals surface area contributed by atoms with Gasteiger partial charge in [-0.2, -0.15) is 5.10 Å². The number of hydrogen-bond donors (Lipinski definition) is 1. The molecule has 1 aliphatic heterocycles. The van der Waals surface area contributed by atoms with Gasteiger partial charge in [-0.1, -0.05) is 18.5 Å². The number of carbonyl (C=O) groups is 2. The van der Waals surface area contributed by atoms with Crippen LogP contribution in [0, 0.1) is 0 Å². The quantitative estimate of drug-likeness (QED) is 0.556. The molecule has 172 valence electrons. The zero-order valence-electron chi connectivity index (χ0n) is 18.1. The van der Waals surface area contributed by atoms with Crippen molar-refractivity contribution in [1.82, 2.24) is 19.2 Å². The highest BCUT2D eigenvalue weighted by Gasteiger charge is 2.24. The van der Waals surface area contributed by atoms with Gasteiger partial charge in [0.05, 0.1) is 5.69 Å². The van der Waals surface area contributed by atoms with Crippen molar-refractivity contribution in [3.05, 3.63) is 75.9 Å². The second-order valence-electron chi connectivity index (χ2n) is 7.80. The molecule has 0 radical (unpaired) electrons. The Kier molecular flexibility index (Phi) is 6.50. The number of rotatable bonds is 6. The van der Waals surface area contributed by atoms with Crippen molar-refractivity contribution in [2.75, 3.05) is 31.1 Å². The third-order valence-corrected chi connectivity index (χ3v) is 6.10. The third-order valence-electron chi connectivity index (χ3n) is 5.85. The first-order valence-electron chi connectivity index (χ1n) is 10.7. The first-order valence-corrected chi connectivity index (χ1v) is 11.1. The monoisotopic (exact) mass is 469 g/mol. The molecule has 9 nitrogen and oxygen atoms in total. The summed E-state index contributed by atoms with van der Waals surface area (Å²) < 4.78 is 2.62. The first-order chi connectivity index (χ1) is 15.9. The summed E-state index contributed by atoms with van der Waals surface area (Å²) in [6.07, 6.45) is 0.932. The molecule has 3 aromatic rings. The molecular weight excluding hydrogens is 446 g/mol. The highest BCUT2D eigenvalue weighted by molar-refractivity contribution is 6.30. The zero-order chi connectivity index (χ0) is 23.5. The van der Waals surface area contributed by atoms with Crippen LogP contribution >= 0.6 is 11.6 Å². The summed E-state index contributed by atoms with van der Waals surface area (Å²) in [5.74, 6) is -0.197. The van der Waals surface area contributed by atoms with Crippen LogP contribution in [0.15, 0.2) is 59.7 Å². The molecule has 1 amide bonds. The first kappa shape index (κ1) is 22.6. The van der Waals surface area contributed by atoms with E-state index in [-0.39, 0.29) is 5.78 Å². The molecule has 1 unspecified atom stereocenters. The Bertz CT molecular complexity index is 1190. The summed E-state index contributed by atoms with van der Waals surface area (Å²) in [6, 6.07) is 13.3. The van der Waals surface area contributed by atoms with E-state index in [0.717, 1.165) is 5.69 Å². The van der Waals surface area contributed by atoms with Gasteiger partial charge in [0.1, 0.15) is 12.4 Å². The summed E-state index contributed by atoms with van der Waals surface area (Å²) in [7, 11) is 0. The van der Waals surface area contributed by atoms with E-state index < -0.39 is 17.8 Å². The van der Waals surface area contributed by atoms with E-state index >= 15 is 0 Å². The van der Waals surface area contributed by atoms with Crippen LogP contribution in [0.25, 0.3) is 5.69 Å². The number of nitrogens with zero attached hydrogens (tertiary/aromatic N) is 5. The molecule has 1 atom stereocenters. The standard InChI is InChI=1S/C23H24ClN5O4/c1-2-20(21(30)16-3-5-17(24)6-4-16)29-22(31)28(15-25-29)19-9-7-18(8-10-19)26-11-13-27(14-12-26)23(32)33/h3-10,15,20H,2,11-14H2,1H3,(H,32,33). The van der Waals surface area contributed by atoms with Crippen LogP contribution in [0.3, 0.4) is 0 Å². The lowest BCUT2D eigenvalue weighted by Crippen LogP contribution is -2.48. The fourth-order valence-corrected chi connectivity index (χ4v) is 4.09. The van der Waals surface area contributed by atoms with E-state index in [1.165, 1.54) is 20.5 Å². The van der Waals surface area contributed by atoms with E-state index in [1.54, 1.807) is 24.3 Å². The normalized spacial score (nSPS) is 14.8. The average Bonchev–Trinajstić information content (AvgIpc) is 3.21. The minimum absolute atomic E-state index is 0.197. The van der Waals surface area contributed by atoms with Gasteiger partial charge in [0.25, 0.3) is 0 Å². The van der Waals surface area contributed by atoms with E-state index in [9.17, 15) is 14.4 Å². The molecule has 1 saturated heterocycles. The van der Waals surface area contributed by atoms with Crippen molar-refractivity contribution in [3.8, 4) is 5.69 Å². The summed E-state index contributed by atoms with van der Waals surface area (Å²) in [4.78, 5) is 40.6. The lowest BCUT2D eigenvalue weighted by molar-refractivity contribution is 0.0911. The second kappa shape index (κ2) is 9.50. The van der Waals surface area contributed by atoms with Crippen LogP contribution in [0.4, 0.5) is 10.5 Å². The fourth-order valence-electron chi connectivity index (χ4n) is 3.96. The molecule has 0 bridgehead atoms. The van der Waals surface area contributed by atoms with Gasteiger partial charge in [-0.15, -0.1) is 0 Å². The van der Waals surface area contributed by atoms with Gasteiger partial charge in [-0.25, -0.2) is 18.8 Å². The van der Waals surface area contributed by atoms with E-state index in [4.69, 9.17) is 16.7 Å². The maximum Gasteiger partial charge on any atom is 0.407 e. The lowest BCUT2D eigenvalue weighted by Gasteiger charge is -2.34. The van der Waals surface area contributed by atoms with Crippen LogP contribution in [0.1, 0.15) is 29.7 Å². The van der Waals surface area contributed by atoms with Gasteiger partial charge >= 0.3 is 11.8 Å². The third kappa shape index (κ3) is 4.63. The smallest absolute Gasteiger partial charge is 0.407 e. The van der Waals surface area contributed by atoms with Gasteiger partial charge in [0.2, 0.25) is 0 Å². The zero-order valence-corrected chi connectivity index (χ0v) is 18.9.